The van der Waals surface area contributed by atoms with Gasteiger partial charge >= 0.3 is 6.03 Å². The Morgan fingerprint density at radius 1 is 1.07 bits per heavy atom. The molecule has 1 unspecified atom stereocenters. The molecule has 7 heteroatoms. The minimum absolute atomic E-state index is 0.0339. The molecule has 0 aromatic carbocycles. The third-order valence-corrected chi connectivity index (χ3v) is 5.82. The molecule has 3 rings (SSSR count). The van der Waals surface area contributed by atoms with Gasteiger partial charge in [0.2, 0.25) is 0 Å². The Morgan fingerprint density at radius 2 is 1.85 bits per heavy atom. The van der Waals surface area contributed by atoms with Gasteiger partial charge < -0.3 is 10.6 Å². The van der Waals surface area contributed by atoms with E-state index in [2.05, 4.69) is 20.6 Å². The molecule has 1 aromatic rings. The summed E-state index contributed by atoms with van der Waals surface area (Å²) in [5, 5.41) is 10.4. The molecule has 2 N–H and O–H groups in total. The molecular weight excluding hydrogens is 342 g/mol. The normalized spacial score (nSPS) is 22.1. The van der Waals surface area contributed by atoms with Crippen molar-refractivity contribution < 1.29 is 4.79 Å². The monoisotopic (exact) mass is 375 g/mol. The number of nitrogens with zero attached hydrogens (tertiary/aromatic N) is 3. The molecular formula is C20H33N5O2. The molecule has 150 valence electrons. The van der Waals surface area contributed by atoms with Crippen molar-refractivity contribution >= 4 is 6.03 Å². The van der Waals surface area contributed by atoms with Gasteiger partial charge in [-0.1, -0.05) is 32.1 Å². The Kier molecular flexibility index (Phi) is 7.68. The molecule has 1 atom stereocenters. The number of urea groups is 1. The zero-order chi connectivity index (χ0) is 18.9. The summed E-state index contributed by atoms with van der Waals surface area (Å²) < 4.78 is 1.51. The first kappa shape index (κ1) is 19.9. The van der Waals surface area contributed by atoms with Crippen LogP contribution in [0.4, 0.5) is 4.79 Å². The van der Waals surface area contributed by atoms with Crippen molar-refractivity contribution in [3.05, 3.63) is 28.7 Å². The van der Waals surface area contributed by atoms with Crippen molar-refractivity contribution in [2.45, 2.75) is 76.4 Å². The summed E-state index contributed by atoms with van der Waals surface area (Å²) in [7, 11) is 0. The third-order valence-electron chi connectivity index (χ3n) is 5.82. The summed E-state index contributed by atoms with van der Waals surface area (Å²) in [6, 6.07) is 3.83. The van der Waals surface area contributed by atoms with Gasteiger partial charge in [0.15, 0.2) is 0 Å². The Morgan fingerprint density at radius 3 is 2.63 bits per heavy atom. The van der Waals surface area contributed by atoms with Crippen LogP contribution in [0.25, 0.3) is 0 Å². The Labute approximate surface area is 161 Å². The largest absolute Gasteiger partial charge is 0.337 e. The molecule has 1 saturated heterocycles. The zero-order valence-corrected chi connectivity index (χ0v) is 16.2. The van der Waals surface area contributed by atoms with E-state index in [0.717, 1.165) is 32.4 Å². The summed E-state index contributed by atoms with van der Waals surface area (Å²) >= 11 is 0. The zero-order valence-electron chi connectivity index (χ0n) is 16.2. The van der Waals surface area contributed by atoms with Crippen LogP contribution in [0.5, 0.6) is 0 Å². The number of hydrogen-bond acceptors (Lipinski definition) is 4. The highest BCUT2D eigenvalue weighted by Gasteiger charge is 2.23. The van der Waals surface area contributed by atoms with Crippen LogP contribution in [0.3, 0.4) is 0 Å². The second kappa shape index (κ2) is 10.4. The lowest BCUT2D eigenvalue weighted by molar-refractivity contribution is 0.138. The highest BCUT2D eigenvalue weighted by atomic mass is 16.2. The van der Waals surface area contributed by atoms with E-state index in [1.54, 1.807) is 18.3 Å². The van der Waals surface area contributed by atoms with E-state index in [0.29, 0.717) is 25.2 Å². The number of rotatable bonds is 6. The van der Waals surface area contributed by atoms with Gasteiger partial charge in [-0.15, -0.1) is 0 Å². The molecule has 0 radical (unpaired) electrons. The van der Waals surface area contributed by atoms with E-state index in [1.165, 1.54) is 43.2 Å². The molecule has 0 bridgehead atoms. The number of nitrogens with one attached hydrogen (secondary N) is 2. The summed E-state index contributed by atoms with van der Waals surface area (Å²) in [5.41, 5.74) is -0.0630. The van der Waals surface area contributed by atoms with Crippen molar-refractivity contribution in [3.63, 3.8) is 0 Å². The van der Waals surface area contributed by atoms with E-state index in [-0.39, 0.29) is 11.6 Å². The van der Waals surface area contributed by atoms with Gasteiger partial charge in [-0.25, -0.2) is 9.48 Å². The Hall–Kier alpha value is -1.89. The van der Waals surface area contributed by atoms with Gasteiger partial charge in [-0.2, -0.15) is 5.10 Å². The average Bonchev–Trinajstić information content (AvgIpc) is 2.95. The van der Waals surface area contributed by atoms with E-state index >= 15 is 0 Å². The molecule has 7 nitrogen and oxygen atoms in total. The SMILES string of the molecule is O=C(NCC1CCCCN1CCn1ncccc1=O)NC1CCCCCC1. The maximum Gasteiger partial charge on any atom is 0.315 e. The lowest BCUT2D eigenvalue weighted by Gasteiger charge is -2.35. The summed E-state index contributed by atoms with van der Waals surface area (Å²) in [4.78, 5) is 26.5. The van der Waals surface area contributed by atoms with Crippen molar-refractivity contribution in [2.75, 3.05) is 19.6 Å². The van der Waals surface area contributed by atoms with Crippen LogP contribution in [0.15, 0.2) is 23.1 Å². The molecule has 1 aliphatic heterocycles. The van der Waals surface area contributed by atoms with E-state index in [4.69, 9.17) is 0 Å². The van der Waals surface area contributed by atoms with Crippen LogP contribution in [-0.4, -0.2) is 52.4 Å². The molecule has 1 saturated carbocycles. The van der Waals surface area contributed by atoms with Crippen LogP contribution in [0.1, 0.15) is 57.8 Å². The molecule has 0 spiro atoms. The summed E-state index contributed by atoms with van der Waals surface area (Å²) in [6.45, 7) is 3.05. The first-order chi connectivity index (χ1) is 13.2. The molecule has 2 aliphatic rings. The number of amides is 2. The lowest BCUT2D eigenvalue weighted by Crippen LogP contribution is -2.50. The highest BCUT2D eigenvalue weighted by Crippen LogP contribution is 2.18. The Bertz CT molecular complexity index is 639. The van der Waals surface area contributed by atoms with Gasteiger partial charge in [-0.05, 0) is 38.3 Å². The standard InChI is InChI=1S/C20H33N5O2/c26-19-11-7-12-22-25(19)15-14-24-13-6-5-10-18(24)16-21-20(27)23-17-8-3-1-2-4-9-17/h7,11-12,17-18H,1-6,8-10,13-16H2,(H2,21,23,27). The lowest BCUT2D eigenvalue weighted by atomic mass is 10.0. The topological polar surface area (TPSA) is 79.3 Å². The van der Waals surface area contributed by atoms with Gasteiger partial charge in [0, 0.05) is 37.4 Å². The van der Waals surface area contributed by atoms with Crippen LogP contribution in [-0.2, 0) is 6.54 Å². The average molecular weight is 376 g/mol. The molecule has 2 heterocycles. The van der Waals surface area contributed by atoms with Crippen LogP contribution < -0.4 is 16.2 Å². The van der Waals surface area contributed by atoms with E-state index in [1.807, 2.05) is 0 Å². The number of hydrogen-bond donors (Lipinski definition) is 2. The maximum atomic E-state index is 12.3. The third kappa shape index (κ3) is 6.34. The van der Waals surface area contributed by atoms with Crippen LogP contribution in [0, 0.1) is 0 Å². The quantitative estimate of drug-likeness (QED) is 0.747. The first-order valence-corrected chi connectivity index (χ1v) is 10.5. The molecule has 27 heavy (non-hydrogen) atoms. The fourth-order valence-electron chi connectivity index (χ4n) is 4.23. The number of likely N-dealkylation sites (tertiary alicyclic amines) is 1. The van der Waals surface area contributed by atoms with Crippen molar-refractivity contribution in [2.24, 2.45) is 0 Å². The number of piperidine rings is 1. The Balaban J connectivity index is 1.44. The summed E-state index contributed by atoms with van der Waals surface area (Å²) in [5.74, 6) is 0. The smallest absolute Gasteiger partial charge is 0.315 e. The second-order valence-corrected chi connectivity index (χ2v) is 7.81. The maximum absolute atomic E-state index is 12.3. The number of aromatic nitrogens is 2. The van der Waals surface area contributed by atoms with Gasteiger partial charge in [0.1, 0.15) is 0 Å². The van der Waals surface area contributed by atoms with Crippen molar-refractivity contribution in [1.29, 1.82) is 0 Å². The van der Waals surface area contributed by atoms with E-state index in [9.17, 15) is 9.59 Å². The summed E-state index contributed by atoms with van der Waals surface area (Å²) in [6.07, 6.45) is 12.3. The molecule has 1 aliphatic carbocycles. The second-order valence-electron chi connectivity index (χ2n) is 7.81. The van der Waals surface area contributed by atoms with Crippen molar-refractivity contribution in [3.8, 4) is 0 Å². The number of carbonyl (C=O) groups is 1. The number of carbonyl (C=O) groups excluding carboxylic acids is 1. The fraction of sp³-hybridized carbons (Fsp3) is 0.750. The van der Waals surface area contributed by atoms with Crippen LogP contribution >= 0.6 is 0 Å². The first-order valence-electron chi connectivity index (χ1n) is 10.5. The van der Waals surface area contributed by atoms with Gasteiger partial charge in [-0.3, -0.25) is 9.69 Å². The molecule has 2 amide bonds. The molecule has 2 fully saturated rings. The van der Waals surface area contributed by atoms with Gasteiger partial charge in [0.05, 0.1) is 6.54 Å². The minimum Gasteiger partial charge on any atom is -0.337 e. The van der Waals surface area contributed by atoms with Gasteiger partial charge in [0.25, 0.3) is 5.56 Å². The highest BCUT2D eigenvalue weighted by molar-refractivity contribution is 5.74. The predicted molar refractivity (Wildman–Crippen MR) is 106 cm³/mol. The molecule has 1 aromatic heterocycles. The fourth-order valence-corrected chi connectivity index (χ4v) is 4.23. The predicted octanol–water partition coefficient (Wildman–Crippen LogP) is 2.12. The minimum atomic E-state index is -0.0630. The van der Waals surface area contributed by atoms with Crippen LogP contribution in [0.2, 0.25) is 0 Å². The van der Waals surface area contributed by atoms with Crippen molar-refractivity contribution in [1.82, 2.24) is 25.3 Å². The van der Waals surface area contributed by atoms with E-state index < -0.39 is 0 Å².